The molecule has 0 heterocycles. The number of hydrogen-bond donors (Lipinski definition) is 0. The molecule has 2 rings (SSSR count). The van der Waals surface area contributed by atoms with Crippen molar-refractivity contribution in [3.05, 3.63) is 59.2 Å². The monoisotopic (exact) mass is 290 g/mol. The normalized spacial score (nSPS) is 10.3. The molecule has 17 heavy (non-hydrogen) atoms. The van der Waals surface area contributed by atoms with Gasteiger partial charge in [0.05, 0.1) is 0 Å². The first-order valence-electron chi connectivity index (χ1n) is 5.59. The summed E-state index contributed by atoms with van der Waals surface area (Å²) in [7, 11) is 0. The summed E-state index contributed by atoms with van der Waals surface area (Å²) in [6.45, 7) is 4.14. The van der Waals surface area contributed by atoms with E-state index in [-0.39, 0.29) is 0 Å². The fourth-order valence-corrected chi connectivity index (χ4v) is 2.14. The number of aryl methyl sites for hydroxylation is 2. The molecule has 88 valence electrons. The molecule has 0 spiro atoms. The molecule has 2 aromatic carbocycles. The molecule has 0 radical (unpaired) electrons. The van der Waals surface area contributed by atoms with Crippen molar-refractivity contribution in [2.75, 3.05) is 0 Å². The van der Waals surface area contributed by atoms with Crippen molar-refractivity contribution in [2.45, 2.75) is 19.2 Å². The first-order valence-corrected chi connectivity index (χ1v) is 6.72. The Morgan fingerprint density at radius 1 is 1.00 bits per heavy atom. The highest BCUT2D eigenvalue weighted by atomic mass is 79.9. The minimum Gasteiger partial charge on any atom is -0.457 e. The van der Waals surface area contributed by atoms with Gasteiger partial charge in [-0.05, 0) is 31.5 Å². The van der Waals surface area contributed by atoms with Crippen LogP contribution in [0.2, 0.25) is 0 Å². The lowest BCUT2D eigenvalue weighted by Gasteiger charge is -2.12. The van der Waals surface area contributed by atoms with E-state index in [1.165, 1.54) is 11.1 Å². The summed E-state index contributed by atoms with van der Waals surface area (Å²) >= 11 is 3.49. The standard InChI is InChI=1S/C15H15BrO/c1-11-7-8-15(13(9-11)10-16)17-14-6-4-3-5-12(14)2/h3-9H,10H2,1-2H3. The molecule has 0 amide bonds. The van der Waals surface area contributed by atoms with Crippen molar-refractivity contribution in [3.8, 4) is 11.5 Å². The Kier molecular flexibility index (Phi) is 3.85. The maximum absolute atomic E-state index is 5.96. The van der Waals surface area contributed by atoms with E-state index >= 15 is 0 Å². The number of para-hydroxylation sites is 1. The highest BCUT2D eigenvalue weighted by molar-refractivity contribution is 9.08. The van der Waals surface area contributed by atoms with Crippen molar-refractivity contribution >= 4 is 15.9 Å². The molecule has 2 heteroatoms. The summed E-state index contributed by atoms with van der Waals surface area (Å²) in [4.78, 5) is 0. The number of halogens is 1. The molecule has 0 aromatic heterocycles. The van der Waals surface area contributed by atoms with Crippen LogP contribution in [0.3, 0.4) is 0 Å². The van der Waals surface area contributed by atoms with Crippen LogP contribution >= 0.6 is 15.9 Å². The maximum atomic E-state index is 5.96. The van der Waals surface area contributed by atoms with Gasteiger partial charge in [-0.2, -0.15) is 0 Å². The van der Waals surface area contributed by atoms with E-state index in [0.29, 0.717) is 0 Å². The fourth-order valence-electron chi connectivity index (χ4n) is 1.70. The van der Waals surface area contributed by atoms with Crippen LogP contribution < -0.4 is 4.74 Å². The van der Waals surface area contributed by atoms with Gasteiger partial charge in [-0.15, -0.1) is 0 Å². The second-order valence-electron chi connectivity index (χ2n) is 4.11. The Hall–Kier alpha value is -1.28. The van der Waals surface area contributed by atoms with Gasteiger partial charge in [0.15, 0.2) is 0 Å². The second kappa shape index (κ2) is 5.37. The summed E-state index contributed by atoms with van der Waals surface area (Å²) < 4.78 is 5.96. The van der Waals surface area contributed by atoms with Crippen molar-refractivity contribution in [1.29, 1.82) is 0 Å². The first-order chi connectivity index (χ1) is 8.20. The van der Waals surface area contributed by atoms with Gasteiger partial charge in [-0.3, -0.25) is 0 Å². The van der Waals surface area contributed by atoms with Crippen LogP contribution in [-0.2, 0) is 5.33 Å². The smallest absolute Gasteiger partial charge is 0.131 e. The lowest BCUT2D eigenvalue weighted by atomic mass is 10.1. The topological polar surface area (TPSA) is 9.23 Å². The number of hydrogen-bond acceptors (Lipinski definition) is 1. The van der Waals surface area contributed by atoms with Crippen LogP contribution in [0.25, 0.3) is 0 Å². The van der Waals surface area contributed by atoms with E-state index in [4.69, 9.17) is 4.74 Å². The summed E-state index contributed by atoms with van der Waals surface area (Å²) in [6, 6.07) is 14.3. The molecule has 1 nitrogen and oxygen atoms in total. The molecular formula is C15H15BrO. The third-order valence-corrected chi connectivity index (χ3v) is 3.28. The lowest BCUT2D eigenvalue weighted by molar-refractivity contribution is 0.475. The Morgan fingerprint density at radius 2 is 1.76 bits per heavy atom. The van der Waals surface area contributed by atoms with E-state index in [1.807, 2.05) is 24.3 Å². The van der Waals surface area contributed by atoms with Gasteiger partial charge in [0.2, 0.25) is 0 Å². The molecular weight excluding hydrogens is 276 g/mol. The second-order valence-corrected chi connectivity index (χ2v) is 4.67. The molecule has 0 N–H and O–H groups in total. The van der Waals surface area contributed by atoms with E-state index in [0.717, 1.165) is 22.4 Å². The quantitative estimate of drug-likeness (QED) is 0.724. The Balaban J connectivity index is 2.33. The maximum Gasteiger partial charge on any atom is 0.131 e. The molecule has 0 saturated carbocycles. The third-order valence-electron chi connectivity index (χ3n) is 2.67. The molecule has 0 fully saturated rings. The van der Waals surface area contributed by atoms with Gasteiger partial charge in [-0.1, -0.05) is 51.8 Å². The molecule has 2 aromatic rings. The van der Waals surface area contributed by atoms with Crippen LogP contribution in [-0.4, -0.2) is 0 Å². The van der Waals surface area contributed by atoms with E-state index in [1.54, 1.807) is 0 Å². The molecule has 0 aliphatic heterocycles. The highest BCUT2D eigenvalue weighted by Gasteiger charge is 2.05. The Morgan fingerprint density at radius 3 is 2.47 bits per heavy atom. The van der Waals surface area contributed by atoms with Crippen molar-refractivity contribution in [1.82, 2.24) is 0 Å². The molecule has 0 bridgehead atoms. The minimum absolute atomic E-state index is 0.801. The van der Waals surface area contributed by atoms with Crippen molar-refractivity contribution < 1.29 is 4.74 Å². The zero-order valence-electron chi connectivity index (χ0n) is 10.0. The number of ether oxygens (including phenoxy) is 1. The van der Waals surface area contributed by atoms with Crippen LogP contribution in [0.4, 0.5) is 0 Å². The van der Waals surface area contributed by atoms with Crippen LogP contribution in [0.1, 0.15) is 16.7 Å². The van der Waals surface area contributed by atoms with Gasteiger partial charge in [0, 0.05) is 10.9 Å². The minimum atomic E-state index is 0.801. The first kappa shape index (κ1) is 12.2. The van der Waals surface area contributed by atoms with Crippen LogP contribution in [0.5, 0.6) is 11.5 Å². The Labute approximate surface area is 111 Å². The number of alkyl halides is 1. The zero-order valence-corrected chi connectivity index (χ0v) is 11.6. The van der Waals surface area contributed by atoms with Crippen LogP contribution in [0.15, 0.2) is 42.5 Å². The fraction of sp³-hybridized carbons (Fsp3) is 0.200. The predicted octanol–water partition coefficient (Wildman–Crippen LogP) is 4.99. The lowest BCUT2D eigenvalue weighted by Crippen LogP contribution is -1.92. The third kappa shape index (κ3) is 2.89. The summed E-state index contributed by atoms with van der Waals surface area (Å²) in [5, 5.41) is 0.801. The zero-order chi connectivity index (χ0) is 12.3. The number of benzene rings is 2. The van der Waals surface area contributed by atoms with Gasteiger partial charge in [0.1, 0.15) is 11.5 Å². The van der Waals surface area contributed by atoms with E-state index < -0.39 is 0 Å². The average molecular weight is 291 g/mol. The summed E-state index contributed by atoms with van der Waals surface area (Å²) in [6.07, 6.45) is 0. The van der Waals surface area contributed by atoms with Crippen molar-refractivity contribution in [3.63, 3.8) is 0 Å². The van der Waals surface area contributed by atoms with Crippen molar-refractivity contribution in [2.24, 2.45) is 0 Å². The summed E-state index contributed by atoms with van der Waals surface area (Å²) in [5.41, 5.74) is 3.57. The van der Waals surface area contributed by atoms with Crippen LogP contribution in [0, 0.1) is 13.8 Å². The Bertz CT molecular complexity index is 520. The highest BCUT2D eigenvalue weighted by Crippen LogP contribution is 2.29. The largest absolute Gasteiger partial charge is 0.457 e. The van der Waals surface area contributed by atoms with E-state index in [2.05, 4.69) is 48.0 Å². The molecule has 0 unspecified atom stereocenters. The molecule has 0 aliphatic rings. The average Bonchev–Trinajstić information content (AvgIpc) is 2.34. The van der Waals surface area contributed by atoms with Gasteiger partial charge >= 0.3 is 0 Å². The van der Waals surface area contributed by atoms with Gasteiger partial charge in [-0.25, -0.2) is 0 Å². The predicted molar refractivity (Wildman–Crippen MR) is 75.1 cm³/mol. The van der Waals surface area contributed by atoms with Gasteiger partial charge in [0.25, 0.3) is 0 Å². The SMILES string of the molecule is Cc1ccc(Oc2ccccc2C)c(CBr)c1. The molecule has 0 aliphatic carbocycles. The summed E-state index contributed by atoms with van der Waals surface area (Å²) in [5.74, 6) is 1.83. The number of rotatable bonds is 3. The molecule has 0 atom stereocenters. The molecule has 0 saturated heterocycles. The van der Waals surface area contributed by atoms with E-state index in [9.17, 15) is 0 Å². The van der Waals surface area contributed by atoms with Gasteiger partial charge < -0.3 is 4.74 Å².